The number of ether oxygens (including phenoxy) is 1. The van der Waals surface area contributed by atoms with E-state index in [4.69, 9.17) is 14.7 Å². The lowest BCUT2D eigenvalue weighted by Crippen LogP contribution is -2.42. The number of nitrogens with zero attached hydrogens (tertiary/aromatic N) is 3. The number of hydrogen-bond acceptors (Lipinski definition) is 5. The molecule has 0 spiro atoms. The number of fused-ring (bicyclic) bond motifs is 1. The van der Waals surface area contributed by atoms with Crippen LogP contribution in [0.2, 0.25) is 0 Å². The van der Waals surface area contributed by atoms with Gasteiger partial charge in [-0.25, -0.2) is 9.97 Å². The second-order valence-corrected chi connectivity index (χ2v) is 8.03. The number of nitrogens with one attached hydrogen (secondary N) is 1. The molecule has 1 aliphatic rings. The molecular formula is C22H32N4O2. The molecule has 1 amide bonds. The van der Waals surface area contributed by atoms with Crippen molar-refractivity contribution in [1.29, 1.82) is 0 Å². The van der Waals surface area contributed by atoms with Crippen LogP contribution in [0.5, 0.6) is 0 Å². The Balaban J connectivity index is 1.60. The highest BCUT2D eigenvalue weighted by atomic mass is 16.5. The summed E-state index contributed by atoms with van der Waals surface area (Å²) in [6.07, 6.45) is 1.84. The zero-order valence-corrected chi connectivity index (χ0v) is 17.7. The molecule has 1 fully saturated rings. The van der Waals surface area contributed by atoms with Gasteiger partial charge in [-0.2, -0.15) is 0 Å². The molecular weight excluding hydrogens is 352 g/mol. The summed E-state index contributed by atoms with van der Waals surface area (Å²) in [5.41, 5.74) is 4.51. The van der Waals surface area contributed by atoms with Crippen LogP contribution in [0.3, 0.4) is 0 Å². The molecule has 1 aliphatic heterocycles. The minimum Gasteiger partial charge on any atom is -0.377 e. The molecule has 1 aromatic carbocycles. The average molecular weight is 385 g/mol. The van der Waals surface area contributed by atoms with Gasteiger partial charge in [0.2, 0.25) is 11.9 Å². The second-order valence-electron chi connectivity index (χ2n) is 8.03. The largest absolute Gasteiger partial charge is 0.377 e. The first-order valence-electron chi connectivity index (χ1n) is 10.2. The number of carbonyl (C=O) groups is 1. The Morgan fingerprint density at radius 3 is 2.54 bits per heavy atom. The van der Waals surface area contributed by atoms with Crippen LogP contribution >= 0.6 is 0 Å². The van der Waals surface area contributed by atoms with Crippen molar-refractivity contribution in [3.05, 3.63) is 29.0 Å². The molecule has 3 rings (SSSR count). The van der Waals surface area contributed by atoms with Crippen molar-refractivity contribution < 1.29 is 9.53 Å². The molecule has 0 atom stereocenters. The predicted octanol–water partition coefficient (Wildman–Crippen LogP) is 3.31. The maximum atomic E-state index is 12.4. The number of aryl methyl sites for hydroxylation is 3. The maximum absolute atomic E-state index is 12.4. The van der Waals surface area contributed by atoms with Gasteiger partial charge in [-0.05, 0) is 70.7 Å². The zero-order chi connectivity index (χ0) is 20.3. The van der Waals surface area contributed by atoms with Gasteiger partial charge >= 0.3 is 0 Å². The summed E-state index contributed by atoms with van der Waals surface area (Å²) in [7, 11) is 0. The minimum absolute atomic E-state index is 0.0572. The Kier molecular flexibility index (Phi) is 6.50. The van der Waals surface area contributed by atoms with Crippen molar-refractivity contribution in [1.82, 2.24) is 15.3 Å². The van der Waals surface area contributed by atoms with Crippen LogP contribution in [0.15, 0.2) is 12.1 Å². The Morgan fingerprint density at radius 1 is 1.18 bits per heavy atom. The topological polar surface area (TPSA) is 67.4 Å². The number of benzene rings is 1. The number of piperidine rings is 1. The fraction of sp³-hybridized carbons (Fsp3) is 0.591. The van der Waals surface area contributed by atoms with Crippen LogP contribution in [0.1, 0.15) is 43.5 Å². The summed E-state index contributed by atoms with van der Waals surface area (Å²) < 4.78 is 5.48. The number of carbonyl (C=O) groups excluding carboxylic acids is 1. The van der Waals surface area contributed by atoms with Crippen LogP contribution in [0, 0.1) is 26.7 Å². The maximum Gasteiger partial charge on any atom is 0.226 e. The van der Waals surface area contributed by atoms with E-state index in [9.17, 15) is 4.79 Å². The summed E-state index contributed by atoms with van der Waals surface area (Å²) in [4.78, 5) is 24.1. The number of hydrogen-bond donors (Lipinski definition) is 1. The zero-order valence-electron chi connectivity index (χ0n) is 17.7. The Hall–Kier alpha value is -2.21. The second kappa shape index (κ2) is 8.86. The van der Waals surface area contributed by atoms with Crippen LogP contribution in [-0.4, -0.2) is 48.2 Å². The third-order valence-corrected chi connectivity index (χ3v) is 5.49. The van der Waals surface area contributed by atoms with E-state index < -0.39 is 0 Å². The van der Waals surface area contributed by atoms with Gasteiger partial charge in [-0.1, -0.05) is 0 Å². The van der Waals surface area contributed by atoms with Crippen molar-refractivity contribution in [3.8, 4) is 0 Å². The molecule has 0 radical (unpaired) electrons. The molecule has 1 N–H and O–H groups in total. The fourth-order valence-electron chi connectivity index (χ4n) is 3.62. The molecule has 0 unspecified atom stereocenters. The van der Waals surface area contributed by atoms with E-state index in [1.165, 1.54) is 11.1 Å². The van der Waals surface area contributed by atoms with Gasteiger partial charge in [0, 0.05) is 30.9 Å². The number of aromatic nitrogens is 2. The highest BCUT2D eigenvalue weighted by Gasteiger charge is 2.26. The molecule has 0 aliphatic carbocycles. The third-order valence-electron chi connectivity index (χ3n) is 5.49. The number of anilines is 1. The van der Waals surface area contributed by atoms with Crippen LogP contribution in [-0.2, 0) is 9.53 Å². The van der Waals surface area contributed by atoms with Gasteiger partial charge < -0.3 is 15.0 Å². The van der Waals surface area contributed by atoms with Crippen LogP contribution in [0.25, 0.3) is 10.9 Å². The average Bonchev–Trinajstić information content (AvgIpc) is 2.66. The minimum atomic E-state index is 0.0572. The Labute approximate surface area is 167 Å². The SMILES string of the molecule is Cc1cc2nc(N3CCC(C(=O)NCCOC(C)C)CC3)nc(C)c2cc1C. The summed E-state index contributed by atoms with van der Waals surface area (Å²) >= 11 is 0. The number of amides is 1. The summed E-state index contributed by atoms with van der Waals surface area (Å²) in [6.45, 7) is 13.0. The van der Waals surface area contributed by atoms with Gasteiger partial charge in [0.15, 0.2) is 0 Å². The van der Waals surface area contributed by atoms with Crippen molar-refractivity contribution in [2.45, 2.75) is 53.6 Å². The first kappa shape index (κ1) is 20.5. The summed E-state index contributed by atoms with van der Waals surface area (Å²) in [5, 5.41) is 4.11. The van der Waals surface area contributed by atoms with Gasteiger partial charge in [-0.3, -0.25) is 4.79 Å². The Bertz CT molecular complexity index is 842. The predicted molar refractivity (Wildman–Crippen MR) is 113 cm³/mol. The van der Waals surface area contributed by atoms with Crippen molar-refractivity contribution >= 4 is 22.8 Å². The lowest BCUT2D eigenvalue weighted by Gasteiger charge is -2.31. The van der Waals surface area contributed by atoms with Gasteiger partial charge in [0.25, 0.3) is 0 Å². The third kappa shape index (κ3) is 4.79. The summed E-state index contributed by atoms with van der Waals surface area (Å²) in [5.74, 6) is 0.966. The van der Waals surface area contributed by atoms with Crippen molar-refractivity contribution in [2.24, 2.45) is 5.92 Å². The quantitative estimate of drug-likeness (QED) is 0.774. The van der Waals surface area contributed by atoms with Crippen molar-refractivity contribution in [2.75, 3.05) is 31.1 Å². The van der Waals surface area contributed by atoms with E-state index in [0.29, 0.717) is 13.2 Å². The van der Waals surface area contributed by atoms with Crippen molar-refractivity contribution in [3.63, 3.8) is 0 Å². The van der Waals surface area contributed by atoms with E-state index in [1.807, 2.05) is 20.8 Å². The molecule has 1 aromatic heterocycles. The van der Waals surface area contributed by atoms with Gasteiger partial charge in [0.1, 0.15) is 0 Å². The van der Waals surface area contributed by atoms with Crippen LogP contribution < -0.4 is 10.2 Å². The van der Waals surface area contributed by atoms with E-state index in [1.54, 1.807) is 0 Å². The molecule has 152 valence electrons. The monoisotopic (exact) mass is 384 g/mol. The molecule has 2 aromatic rings. The molecule has 0 bridgehead atoms. The van der Waals surface area contributed by atoms with E-state index in [0.717, 1.165) is 48.5 Å². The smallest absolute Gasteiger partial charge is 0.226 e. The normalized spacial score (nSPS) is 15.4. The highest BCUT2D eigenvalue weighted by molar-refractivity contribution is 5.83. The highest BCUT2D eigenvalue weighted by Crippen LogP contribution is 2.25. The fourth-order valence-corrected chi connectivity index (χ4v) is 3.62. The van der Waals surface area contributed by atoms with Gasteiger partial charge in [-0.15, -0.1) is 0 Å². The van der Waals surface area contributed by atoms with Gasteiger partial charge in [0.05, 0.1) is 23.9 Å². The van der Waals surface area contributed by atoms with E-state index in [2.05, 4.69) is 36.2 Å². The standard InChI is InChI=1S/C22H32N4O2/c1-14(2)28-11-8-23-21(27)18-6-9-26(10-7-18)22-24-17(5)19-12-15(3)16(4)13-20(19)25-22/h12-14,18H,6-11H2,1-5H3,(H,23,27). The molecule has 28 heavy (non-hydrogen) atoms. The number of rotatable bonds is 6. The first-order valence-corrected chi connectivity index (χ1v) is 10.2. The van der Waals surface area contributed by atoms with E-state index in [-0.39, 0.29) is 17.9 Å². The lowest BCUT2D eigenvalue weighted by molar-refractivity contribution is -0.125. The lowest BCUT2D eigenvalue weighted by atomic mass is 9.96. The van der Waals surface area contributed by atoms with Crippen LogP contribution in [0.4, 0.5) is 5.95 Å². The molecule has 0 saturated carbocycles. The summed E-state index contributed by atoms with van der Waals surface area (Å²) in [6, 6.07) is 4.31. The first-order chi connectivity index (χ1) is 13.3. The molecule has 6 nitrogen and oxygen atoms in total. The van der Waals surface area contributed by atoms with E-state index >= 15 is 0 Å². The molecule has 1 saturated heterocycles. The molecule has 6 heteroatoms. The Morgan fingerprint density at radius 2 is 1.86 bits per heavy atom. The molecule has 2 heterocycles.